The Hall–Kier alpha value is -1.94. The van der Waals surface area contributed by atoms with E-state index >= 15 is 0 Å². The summed E-state index contributed by atoms with van der Waals surface area (Å²) < 4.78 is 19.0. The molecule has 1 heterocycles. The molecule has 0 aliphatic carbocycles. The van der Waals surface area contributed by atoms with Crippen LogP contribution >= 0.6 is 0 Å². The largest absolute Gasteiger partial charge is 0.439 e. The lowest BCUT2D eigenvalue weighted by atomic mass is 10.1. The molecule has 0 bridgehead atoms. The van der Waals surface area contributed by atoms with Gasteiger partial charge in [-0.25, -0.2) is 9.37 Å². The number of ether oxygens (including phenoxy) is 1. The lowest BCUT2D eigenvalue weighted by Crippen LogP contribution is -2.02. The summed E-state index contributed by atoms with van der Waals surface area (Å²) in [6.07, 6.45) is 0. The molecule has 0 radical (unpaired) electrons. The summed E-state index contributed by atoms with van der Waals surface area (Å²) >= 11 is 0. The van der Waals surface area contributed by atoms with Crippen molar-refractivity contribution in [3.8, 4) is 11.6 Å². The molecule has 1 aromatic heterocycles. The van der Waals surface area contributed by atoms with E-state index in [4.69, 9.17) is 10.5 Å². The van der Waals surface area contributed by atoms with Crippen LogP contribution in [0.3, 0.4) is 0 Å². The third kappa shape index (κ3) is 3.33. The highest BCUT2D eigenvalue weighted by atomic mass is 19.1. The first-order valence-electron chi connectivity index (χ1n) is 6.64. The van der Waals surface area contributed by atoms with Crippen molar-refractivity contribution in [3.05, 3.63) is 53.0 Å². The average molecular weight is 274 g/mol. The Kier molecular flexibility index (Phi) is 4.35. The Morgan fingerprint density at radius 1 is 1.25 bits per heavy atom. The Balaban J connectivity index is 2.37. The van der Waals surface area contributed by atoms with E-state index in [1.54, 1.807) is 12.1 Å². The molecule has 1 aromatic carbocycles. The maximum atomic E-state index is 13.3. The number of benzene rings is 1. The third-order valence-electron chi connectivity index (χ3n) is 3.07. The van der Waals surface area contributed by atoms with E-state index in [0.29, 0.717) is 18.2 Å². The zero-order valence-electron chi connectivity index (χ0n) is 12.0. The van der Waals surface area contributed by atoms with Crippen molar-refractivity contribution >= 4 is 0 Å². The highest BCUT2D eigenvalue weighted by Gasteiger charge is 2.09. The monoisotopic (exact) mass is 274 g/mol. The molecule has 0 unspecified atom stereocenters. The van der Waals surface area contributed by atoms with Crippen LogP contribution < -0.4 is 10.5 Å². The fourth-order valence-corrected chi connectivity index (χ4v) is 1.84. The van der Waals surface area contributed by atoms with Crippen LogP contribution in [0.5, 0.6) is 11.6 Å². The molecule has 2 rings (SSSR count). The highest BCUT2D eigenvalue weighted by molar-refractivity contribution is 5.37. The Morgan fingerprint density at radius 2 is 2.00 bits per heavy atom. The first-order valence-corrected chi connectivity index (χ1v) is 6.64. The second-order valence-corrected chi connectivity index (χ2v) is 5.11. The van der Waals surface area contributed by atoms with Gasteiger partial charge in [0, 0.05) is 24.4 Å². The Labute approximate surface area is 118 Å². The fraction of sp³-hybridized carbons (Fsp3) is 0.312. The van der Waals surface area contributed by atoms with Crippen molar-refractivity contribution in [3.63, 3.8) is 0 Å². The third-order valence-corrected chi connectivity index (χ3v) is 3.07. The second-order valence-electron chi connectivity index (χ2n) is 5.11. The van der Waals surface area contributed by atoms with Crippen molar-refractivity contribution in [1.82, 2.24) is 4.98 Å². The predicted molar refractivity (Wildman–Crippen MR) is 77.4 cm³/mol. The number of hydrogen-bond acceptors (Lipinski definition) is 3. The number of rotatable bonds is 4. The Morgan fingerprint density at radius 3 is 2.65 bits per heavy atom. The standard InChI is InChI=1S/C16H19FN2O/c1-10(2)14-6-12(9-18)7-16(19-14)20-15-8-13(17)5-4-11(15)3/h4-8,10H,9,18H2,1-3H3. The SMILES string of the molecule is Cc1ccc(F)cc1Oc1cc(CN)cc(C(C)C)n1. The molecule has 4 heteroatoms. The fourth-order valence-electron chi connectivity index (χ4n) is 1.84. The van der Waals surface area contributed by atoms with Crippen LogP contribution in [0, 0.1) is 12.7 Å². The smallest absolute Gasteiger partial charge is 0.219 e. The van der Waals surface area contributed by atoms with E-state index in [2.05, 4.69) is 18.8 Å². The van der Waals surface area contributed by atoms with E-state index < -0.39 is 0 Å². The van der Waals surface area contributed by atoms with Gasteiger partial charge in [-0.05, 0) is 36.1 Å². The molecule has 2 aromatic rings. The van der Waals surface area contributed by atoms with Crippen LogP contribution in [-0.2, 0) is 6.54 Å². The summed E-state index contributed by atoms with van der Waals surface area (Å²) in [7, 11) is 0. The van der Waals surface area contributed by atoms with Crippen LogP contribution in [0.2, 0.25) is 0 Å². The first-order chi connectivity index (χ1) is 9.49. The number of aromatic nitrogens is 1. The van der Waals surface area contributed by atoms with Gasteiger partial charge in [0.15, 0.2) is 0 Å². The van der Waals surface area contributed by atoms with Crippen molar-refractivity contribution < 1.29 is 9.13 Å². The summed E-state index contributed by atoms with van der Waals surface area (Å²) in [6, 6.07) is 8.21. The van der Waals surface area contributed by atoms with Gasteiger partial charge in [0.1, 0.15) is 11.6 Å². The molecule has 0 spiro atoms. The summed E-state index contributed by atoms with van der Waals surface area (Å²) in [5, 5.41) is 0. The summed E-state index contributed by atoms with van der Waals surface area (Å²) in [4.78, 5) is 4.45. The van der Waals surface area contributed by atoms with Gasteiger partial charge in [0.2, 0.25) is 5.88 Å². The molecule has 3 nitrogen and oxygen atoms in total. The molecular formula is C16H19FN2O. The van der Waals surface area contributed by atoms with Crippen LogP contribution in [0.4, 0.5) is 4.39 Å². The summed E-state index contributed by atoms with van der Waals surface area (Å²) in [6.45, 7) is 6.39. The second kappa shape index (κ2) is 6.01. The molecule has 0 saturated carbocycles. The number of hydrogen-bond donors (Lipinski definition) is 1. The number of pyridine rings is 1. The summed E-state index contributed by atoms with van der Waals surface area (Å²) in [5.41, 5.74) is 8.42. The number of nitrogens with two attached hydrogens (primary N) is 1. The van der Waals surface area contributed by atoms with E-state index in [0.717, 1.165) is 16.8 Å². The van der Waals surface area contributed by atoms with Crippen LogP contribution in [0.25, 0.3) is 0 Å². The van der Waals surface area contributed by atoms with E-state index in [1.807, 2.05) is 13.0 Å². The van der Waals surface area contributed by atoms with E-state index in [1.165, 1.54) is 12.1 Å². The van der Waals surface area contributed by atoms with Gasteiger partial charge >= 0.3 is 0 Å². The normalized spacial score (nSPS) is 10.9. The minimum Gasteiger partial charge on any atom is -0.439 e. The molecule has 0 aliphatic rings. The minimum atomic E-state index is -0.329. The maximum absolute atomic E-state index is 13.3. The van der Waals surface area contributed by atoms with Gasteiger partial charge in [-0.15, -0.1) is 0 Å². The van der Waals surface area contributed by atoms with Gasteiger partial charge < -0.3 is 10.5 Å². The van der Waals surface area contributed by atoms with Gasteiger partial charge in [-0.3, -0.25) is 0 Å². The number of halogens is 1. The first kappa shape index (κ1) is 14.5. The van der Waals surface area contributed by atoms with Gasteiger partial charge in [-0.2, -0.15) is 0 Å². The molecule has 106 valence electrons. The van der Waals surface area contributed by atoms with Crippen LogP contribution in [0.1, 0.15) is 36.6 Å². The highest BCUT2D eigenvalue weighted by Crippen LogP contribution is 2.26. The quantitative estimate of drug-likeness (QED) is 0.919. The zero-order chi connectivity index (χ0) is 14.7. The van der Waals surface area contributed by atoms with Crippen molar-refractivity contribution in [2.75, 3.05) is 0 Å². The van der Waals surface area contributed by atoms with Crippen molar-refractivity contribution in [1.29, 1.82) is 0 Å². The molecule has 20 heavy (non-hydrogen) atoms. The average Bonchev–Trinajstić information content (AvgIpc) is 2.42. The topological polar surface area (TPSA) is 48.1 Å². The van der Waals surface area contributed by atoms with Crippen molar-refractivity contribution in [2.45, 2.75) is 33.2 Å². The summed E-state index contributed by atoms with van der Waals surface area (Å²) in [5.74, 6) is 0.869. The van der Waals surface area contributed by atoms with E-state index in [9.17, 15) is 4.39 Å². The zero-order valence-corrected chi connectivity index (χ0v) is 12.0. The van der Waals surface area contributed by atoms with Crippen LogP contribution in [0.15, 0.2) is 30.3 Å². The number of aryl methyl sites for hydroxylation is 1. The van der Waals surface area contributed by atoms with E-state index in [-0.39, 0.29) is 11.7 Å². The minimum absolute atomic E-state index is 0.275. The molecule has 0 saturated heterocycles. The molecular weight excluding hydrogens is 255 g/mol. The lowest BCUT2D eigenvalue weighted by Gasteiger charge is -2.12. The van der Waals surface area contributed by atoms with Gasteiger partial charge in [0.05, 0.1) is 0 Å². The molecule has 0 amide bonds. The van der Waals surface area contributed by atoms with Crippen LogP contribution in [-0.4, -0.2) is 4.98 Å². The molecule has 0 fully saturated rings. The number of nitrogens with zero attached hydrogens (tertiary/aromatic N) is 1. The molecule has 0 aliphatic heterocycles. The molecule has 0 atom stereocenters. The van der Waals surface area contributed by atoms with Crippen molar-refractivity contribution in [2.24, 2.45) is 5.73 Å². The van der Waals surface area contributed by atoms with Gasteiger partial charge in [0.25, 0.3) is 0 Å². The predicted octanol–water partition coefficient (Wildman–Crippen LogP) is 3.90. The Bertz CT molecular complexity index is 611. The lowest BCUT2D eigenvalue weighted by molar-refractivity contribution is 0.450. The van der Waals surface area contributed by atoms with Gasteiger partial charge in [-0.1, -0.05) is 19.9 Å². The molecule has 2 N–H and O–H groups in total. The maximum Gasteiger partial charge on any atom is 0.219 e.